The van der Waals surface area contributed by atoms with Gasteiger partial charge in [0.1, 0.15) is 22.3 Å². The van der Waals surface area contributed by atoms with E-state index in [2.05, 4.69) is 426 Å². The number of furan rings is 4. The first-order valence-corrected chi connectivity index (χ1v) is 46.2. The Balaban J connectivity index is 0.651. The molecule has 0 fully saturated rings. The third kappa shape index (κ3) is 11.7. The minimum atomic E-state index is 0.595. The predicted octanol–water partition coefficient (Wildman–Crippen LogP) is 36.3. The molecule has 26 rings (SSSR count). The van der Waals surface area contributed by atoms with Crippen molar-refractivity contribution in [3.63, 3.8) is 0 Å². The summed E-state index contributed by atoms with van der Waals surface area (Å²) in [6.07, 6.45) is 0.595. The summed E-state index contributed by atoms with van der Waals surface area (Å²) in [5.41, 5.74) is 29.7. The summed E-state index contributed by atoms with van der Waals surface area (Å²) in [6.45, 7) is 15.5. The molecule has 10 heteroatoms. The van der Waals surface area contributed by atoms with E-state index in [1.54, 1.807) is 0 Å². The zero-order chi connectivity index (χ0) is 86.6. The summed E-state index contributed by atoms with van der Waals surface area (Å²) in [7, 11) is 0. The molecule has 0 saturated heterocycles. The van der Waals surface area contributed by atoms with Gasteiger partial charge in [-0.15, -0.1) is 22.7 Å². The summed E-state index contributed by atoms with van der Waals surface area (Å²) < 4.78 is 33.3. The average Bonchev–Trinajstić information content (AvgIpc) is 1.54. The van der Waals surface area contributed by atoms with Crippen LogP contribution in [0.4, 0.5) is 68.2 Å². The highest BCUT2D eigenvalue weighted by atomic mass is 32.1. The van der Waals surface area contributed by atoms with Crippen LogP contribution < -0.4 is 19.6 Å². The Kier molecular flexibility index (Phi) is 17.0. The lowest BCUT2D eigenvalue weighted by atomic mass is 9.95. The fourth-order valence-corrected chi connectivity index (χ4v) is 23.7. The molecule has 618 valence electrons. The van der Waals surface area contributed by atoms with Crippen LogP contribution in [0.25, 0.3) is 171 Å². The van der Waals surface area contributed by atoms with Crippen LogP contribution in [0.5, 0.6) is 0 Å². The molecule has 6 aromatic heterocycles. The monoisotopic (exact) mass is 1710 g/mol. The maximum atomic E-state index is 7.51. The van der Waals surface area contributed by atoms with Gasteiger partial charge in [-0.05, 0) is 248 Å². The average molecular weight is 1710 g/mol. The first-order valence-electron chi connectivity index (χ1n) is 44.6. The topological polar surface area (TPSA) is 65.5 Å². The van der Waals surface area contributed by atoms with E-state index in [9.17, 15) is 0 Å². The molecule has 0 unspecified atom stereocenters. The number of hydrogen-bond donors (Lipinski definition) is 0. The van der Waals surface area contributed by atoms with Crippen LogP contribution in [0, 0.1) is 48.5 Å². The molecule has 0 N–H and O–H groups in total. The molecule has 0 amide bonds. The van der Waals surface area contributed by atoms with Crippen LogP contribution in [0.2, 0.25) is 0 Å². The van der Waals surface area contributed by atoms with Gasteiger partial charge < -0.3 is 37.3 Å². The van der Waals surface area contributed by atoms with Crippen molar-refractivity contribution in [1.29, 1.82) is 0 Å². The molecule has 0 atom stereocenters. The van der Waals surface area contributed by atoms with Crippen molar-refractivity contribution in [2.75, 3.05) is 19.6 Å². The lowest BCUT2D eigenvalue weighted by Gasteiger charge is -2.29. The molecule has 0 aliphatic rings. The fraction of sp³-hybridized carbons (Fsp3) is 0.0667. The van der Waals surface area contributed by atoms with E-state index < -0.39 is 0 Å². The van der Waals surface area contributed by atoms with Crippen molar-refractivity contribution in [1.82, 2.24) is 0 Å². The van der Waals surface area contributed by atoms with Gasteiger partial charge in [0, 0.05) is 128 Å². The summed E-state index contributed by atoms with van der Waals surface area (Å²) in [4.78, 5) is 9.85. The first-order chi connectivity index (χ1) is 63.8. The normalized spacial score (nSPS) is 12.1. The van der Waals surface area contributed by atoms with Crippen molar-refractivity contribution >= 4 is 262 Å². The summed E-state index contributed by atoms with van der Waals surface area (Å²) in [5, 5.41) is 22.8. The molecular formula is C120H82N4O4S2. The molecule has 0 spiro atoms. The number of thiophene rings is 2. The van der Waals surface area contributed by atoms with Crippen molar-refractivity contribution in [2.24, 2.45) is 0 Å². The van der Waals surface area contributed by atoms with Gasteiger partial charge in [0.25, 0.3) is 0 Å². The Morgan fingerprint density at radius 1 is 0.200 bits per heavy atom. The summed E-state index contributed by atoms with van der Waals surface area (Å²) >= 11 is 3.71. The summed E-state index contributed by atoms with van der Waals surface area (Å²) in [6, 6.07) is 132. The lowest BCUT2D eigenvalue weighted by molar-refractivity contribution is 0.668. The third-order valence-electron chi connectivity index (χ3n) is 27.3. The summed E-state index contributed by atoms with van der Waals surface area (Å²) in [5.74, 6) is 0. The number of aryl methyl sites for hydroxylation is 7. The fourth-order valence-electron chi connectivity index (χ4n) is 21.3. The van der Waals surface area contributed by atoms with E-state index in [1.165, 1.54) is 95.3 Å². The van der Waals surface area contributed by atoms with Crippen LogP contribution >= 0.6 is 22.7 Å². The third-order valence-corrected chi connectivity index (χ3v) is 29.5. The Morgan fingerprint density at radius 2 is 0.500 bits per heavy atom. The quantitative estimate of drug-likeness (QED) is 0.107. The van der Waals surface area contributed by atoms with Crippen molar-refractivity contribution in [2.45, 2.75) is 54.9 Å². The smallest absolute Gasteiger partial charge is 0.159 e. The van der Waals surface area contributed by atoms with Gasteiger partial charge in [-0.2, -0.15) is 0 Å². The number of para-hydroxylation sites is 7. The van der Waals surface area contributed by atoms with Gasteiger partial charge in [0.2, 0.25) is 0 Å². The van der Waals surface area contributed by atoms with Gasteiger partial charge in [-0.1, -0.05) is 237 Å². The van der Waals surface area contributed by atoms with Crippen LogP contribution in [0.15, 0.2) is 376 Å². The Labute approximate surface area is 756 Å². The predicted molar refractivity (Wildman–Crippen MR) is 552 cm³/mol. The largest absolute Gasteiger partial charge is 0.454 e. The molecule has 0 aliphatic heterocycles. The van der Waals surface area contributed by atoms with Crippen LogP contribution in [-0.4, -0.2) is 0 Å². The standard InChI is InChI=1S/C120H82N4O4S2/c1-68-55-69(2)58-79(57-68)123(97-43-25-40-93-86-32-17-21-46-105(86)126-118(93)97)102-66-110-115(90-36-14-10-29-83(90)102)116-91-37-15-11-30-84(91)103(67-111(116)130-110)124(98-44-26-41-94-87-33-18-22-47-106(87)127-119(94)98)80-59-70(3)56-75(63-80)62-76-51-54-99(120-112(76)95-38-19-23-48-107(95)128-120)122(78-53-50-72(5)74(7)61-78)101-65-109-114(89-35-13-9-28-82(89)101)113-88-34-12-8-27-81(88)100(64-108(113)129-109)121(77-52-49-71(4)73(6)60-77)96-42-24-39-92-85-31-16-20-45-104(85)125-117(92)96/h8-61,63-67H,62H2,1-7H3. The highest BCUT2D eigenvalue weighted by molar-refractivity contribution is 7.26. The van der Waals surface area contributed by atoms with Crippen molar-refractivity contribution in [3.8, 4) is 0 Å². The van der Waals surface area contributed by atoms with Crippen LogP contribution in [0.3, 0.4) is 0 Å². The lowest BCUT2D eigenvalue weighted by Crippen LogP contribution is -2.12. The second-order valence-corrected chi connectivity index (χ2v) is 37.5. The molecule has 130 heavy (non-hydrogen) atoms. The van der Waals surface area contributed by atoms with E-state index in [4.69, 9.17) is 17.7 Å². The zero-order valence-corrected chi connectivity index (χ0v) is 74.1. The molecule has 26 aromatic rings. The zero-order valence-electron chi connectivity index (χ0n) is 72.5. The Morgan fingerprint density at radius 3 is 0.877 bits per heavy atom. The Bertz CT molecular complexity index is 9310. The Hall–Kier alpha value is -15.7. The van der Waals surface area contributed by atoms with E-state index in [0.717, 1.165) is 194 Å². The maximum absolute atomic E-state index is 7.51. The minimum absolute atomic E-state index is 0.595. The number of hydrogen-bond acceptors (Lipinski definition) is 10. The number of fused-ring (bicyclic) bond motifs is 26. The van der Waals surface area contributed by atoms with Crippen LogP contribution in [0.1, 0.15) is 50.1 Å². The molecule has 6 heterocycles. The first kappa shape index (κ1) is 75.6. The number of nitrogens with zero attached hydrogens (tertiary/aromatic N) is 4. The SMILES string of the molecule is Cc1cc(C)cc(N(c2cc3sc4cc(N(c5cc(C)cc(Cc6ccc(N(c7ccc(C)c(C)c7)c7cc8sc9cc(N(c%10ccc(C)c(C)c%10)c%10cccc%11c%10oc%10ccccc%10%11)c%10ccccc%10c9c8c8ccccc78)c7oc8ccccc8c67)c5)c5cccc6c5oc5ccccc56)c5ccccc5c4c3c3ccccc23)c2cccc3c2oc2ccccc23)c1. The minimum Gasteiger partial charge on any atom is -0.454 e. The van der Waals surface area contributed by atoms with Gasteiger partial charge in [-0.25, -0.2) is 0 Å². The van der Waals surface area contributed by atoms with Crippen molar-refractivity contribution in [3.05, 3.63) is 408 Å². The second-order valence-electron chi connectivity index (χ2n) is 35.3. The van der Waals surface area contributed by atoms with Gasteiger partial charge >= 0.3 is 0 Å². The van der Waals surface area contributed by atoms with E-state index in [0.29, 0.717) is 6.42 Å². The van der Waals surface area contributed by atoms with E-state index in [1.807, 2.05) is 22.7 Å². The molecule has 0 radical (unpaired) electrons. The second kappa shape index (κ2) is 29.2. The van der Waals surface area contributed by atoms with E-state index in [-0.39, 0.29) is 0 Å². The molecule has 0 saturated carbocycles. The molecule has 20 aromatic carbocycles. The highest BCUT2D eigenvalue weighted by Crippen LogP contribution is 2.58. The maximum Gasteiger partial charge on any atom is 0.159 e. The molecule has 0 aliphatic carbocycles. The van der Waals surface area contributed by atoms with Gasteiger partial charge in [0.05, 0.1) is 45.5 Å². The number of rotatable bonds is 14. The highest BCUT2D eigenvalue weighted by Gasteiger charge is 2.32. The van der Waals surface area contributed by atoms with Gasteiger partial charge in [-0.3, -0.25) is 0 Å². The molecular weight excluding hydrogens is 1630 g/mol. The van der Waals surface area contributed by atoms with Gasteiger partial charge in [0.15, 0.2) is 22.3 Å². The molecule has 8 nitrogen and oxygen atoms in total. The van der Waals surface area contributed by atoms with Crippen molar-refractivity contribution < 1.29 is 17.7 Å². The van der Waals surface area contributed by atoms with Crippen LogP contribution in [-0.2, 0) is 6.42 Å². The molecule has 0 bridgehead atoms. The number of benzene rings is 20. The number of anilines is 12. The van der Waals surface area contributed by atoms with E-state index >= 15 is 0 Å².